The zero-order valence-electron chi connectivity index (χ0n) is 16.9. The Bertz CT molecular complexity index is 1090. The smallest absolute Gasteiger partial charge is 0.234 e. The van der Waals surface area contributed by atoms with Gasteiger partial charge in [-0.1, -0.05) is 11.8 Å². The first-order valence-corrected chi connectivity index (χ1v) is 10.2. The molecule has 1 aromatic heterocycles. The molecule has 3 aromatic rings. The van der Waals surface area contributed by atoms with Crippen LogP contribution in [0.25, 0.3) is 10.9 Å². The van der Waals surface area contributed by atoms with Crippen LogP contribution >= 0.6 is 11.8 Å². The molecule has 1 heterocycles. The molecule has 7 nitrogen and oxygen atoms in total. The molecule has 0 aliphatic carbocycles. The summed E-state index contributed by atoms with van der Waals surface area (Å²) in [6.07, 6.45) is 0. The number of anilines is 1. The van der Waals surface area contributed by atoms with Crippen molar-refractivity contribution in [2.45, 2.75) is 11.9 Å². The fraction of sp³-hybridized carbons (Fsp3) is 0.227. The molecule has 154 valence electrons. The molecule has 0 saturated carbocycles. The normalized spacial score (nSPS) is 10.3. The van der Waals surface area contributed by atoms with Crippen LogP contribution in [0.3, 0.4) is 0 Å². The van der Waals surface area contributed by atoms with Gasteiger partial charge in [0.05, 0.1) is 37.7 Å². The average Bonchev–Trinajstić information content (AvgIpc) is 2.77. The summed E-state index contributed by atoms with van der Waals surface area (Å²) in [7, 11) is 3.10. The third-order valence-corrected chi connectivity index (χ3v) is 5.19. The van der Waals surface area contributed by atoms with E-state index in [0.29, 0.717) is 39.9 Å². The fourth-order valence-corrected chi connectivity index (χ4v) is 3.57. The number of fused-ring (bicyclic) bond motifs is 1. The number of rotatable bonds is 8. The van der Waals surface area contributed by atoms with Crippen molar-refractivity contribution in [1.82, 2.24) is 4.98 Å². The van der Waals surface area contributed by atoms with Crippen LogP contribution in [0.1, 0.15) is 12.5 Å². The molecular weight excluding hydrogens is 402 g/mol. The minimum Gasteiger partial charge on any atom is -0.494 e. The molecule has 0 fully saturated rings. The average molecular weight is 423 g/mol. The highest BCUT2D eigenvalue weighted by Gasteiger charge is 2.13. The van der Waals surface area contributed by atoms with Gasteiger partial charge in [-0.2, -0.15) is 5.26 Å². The summed E-state index contributed by atoms with van der Waals surface area (Å²) in [5.74, 6) is 1.78. The second kappa shape index (κ2) is 9.85. The lowest BCUT2D eigenvalue weighted by atomic mass is 10.1. The molecule has 0 aliphatic rings. The van der Waals surface area contributed by atoms with E-state index in [4.69, 9.17) is 14.2 Å². The first-order chi connectivity index (χ1) is 14.6. The number of nitrogens with one attached hydrogen (secondary N) is 1. The van der Waals surface area contributed by atoms with Crippen LogP contribution in [0.15, 0.2) is 47.5 Å². The molecule has 1 N–H and O–H groups in total. The number of thioether (sulfide) groups is 1. The van der Waals surface area contributed by atoms with Crippen LogP contribution in [0.5, 0.6) is 17.2 Å². The number of benzene rings is 2. The number of carbonyl (C=O) groups is 1. The van der Waals surface area contributed by atoms with E-state index in [1.165, 1.54) is 11.8 Å². The van der Waals surface area contributed by atoms with E-state index in [-0.39, 0.29) is 11.7 Å². The van der Waals surface area contributed by atoms with Gasteiger partial charge in [0.15, 0.2) is 11.5 Å². The first-order valence-electron chi connectivity index (χ1n) is 9.20. The third-order valence-electron chi connectivity index (χ3n) is 4.19. The van der Waals surface area contributed by atoms with Gasteiger partial charge in [-0.25, -0.2) is 4.98 Å². The van der Waals surface area contributed by atoms with Gasteiger partial charge in [0.2, 0.25) is 5.91 Å². The van der Waals surface area contributed by atoms with Crippen molar-refractivity contribution in [1.29, 1.82) is 5.26 Å². The van der Waals surface area contributed by atoms with E-state index in [1.807, 2.05) is 6.92 Å². The molecule has 1 amide bonds. The summed E-state index contributed by atoms with van der Waals surface area (Å²) < 4.78 is 16.0. The van der Waals surface area contributed by atoms with Gasteiger partial charge in [-0.05, 0) is 43.3 Å². The Morgan fingerprint density at radius 3 is 2.47 bits per heavy atom. The Balaban J connectivity index is 1.74. The monoisotopic (exact) mass is 423 g/mol. The van der Waals surface area contributed by atoms with Crippen molar-refractivity contribution in [3.63, 3.8) is 0 Å². The highest BCUT2D eigenvalue weighted by atomic mass is 32.2. The molecular formula is C22H21N3O4S. The summed E-state index contributed by atoms with van der Waals surface area (Å²) in [6.45, 7) is 2.50. The number of hydrogen-bond donors (Lipinski definition) is 1. The summed E-state index contributed by atoms with van der Waals surface area (Å²) in [6, 6.07) is 14.6. The lowest BCUT2D eigenvalue weighted by molar-refractivity contribution is -0.113. The molecule has 0 saturated heterocycles. The van der Waals surface area contributed by atoms with E-state index in [1.54, 1.807) is 56.7 Å². The Kier molecular flexibility index (Phi) is 6.99. The van der Waals surface area contributed by atoms with E-state index < -0.39 is 0 Å². The predicted octanol–water partition coefficient (Wildman–Crippen LogP) is 4.25. The van der Waals surface area contributed by atoms with Gasteiger partial charge < -0.3 is 19.5 Å². The van der Waals surface area contributed by atoms with Gasteiger partial charge in [-0.3, -0.25) is 4.79 Å². The topological polar surface area (TPSA) is 93.5 Å². The number of ether oxygens (including phenoxy) is 3. The number of amides is 1. The van der Waals surface area contributed by atoms with Crippen molar-refractivity contribution in [2.24, 2.45) is 0 Å². The van der Waals surface area contributed by atoms with Crippen molar-refractivity contribution < 1.29 is 19.0 Å². The maximum absolute atomic E-state index is 12.3. The largest absolute Gasteiger partial charge is 0.494 e. The zero-order chi connectivity index (χ0) is 21.5. The quantitative estimate of drug-likeness (QED) is 0.541. The molecule has 3 rings (SSSR count). The molecule has 0 bridgehead atoms. The number of nitriles is 1. The van der Waals surface area contributed by atoms with Crippen LogP contribution < -0.4 is 19.5 Å². The second-order valence-corrected chi connectivity index (χ2v) is 7.11. The lowest BCUT2D eigenvalue weighted by Crippen LogP contribution is -2.14. The Labute approximate surface area is 179 Å². The number of hydrogen-bond acceptors (Lipinski definition) is 7. The number of pyridine rings is 1. The standard InChI is InChI=1S/C22H21N3O4S/c1-4-29-17-7-5-16(6-8-17)24-21(26)13-30-22-15(12-23)9-14-10-19(27-2)20(28-3)11-18(14)25-22/h5-11H,4,13H2,1-3H3,(H,24,26). The number of carbonyl (C=O) groups excluding carboxylic acids is 1. The molecule has 0 radical (unpaired) electrons. The Hall–Kier alpha value is -3.44. The number of nitrogens with zero attached hydrogens (tertiary/aromatic N) is 2. The molecule has 0 unspecified atom stereocenters. The molecule has 30 heavy (non-hydrogen) atoms. The molecule has 8 heteroatoms. The fourth-order valence-electron chi connectivity index (χ4n) is 2.81. The van der Waals surface area contributed by atoms with Gasteiger partial charge >= 0.3 is 0 Å². The lowest BCUT2D eigenvalue weighted by Gasteiger charge is -2.11. The predicted molar refractivity (Wildman–Crippen MR) is 117 cm³/mol. The Morgan fingerprint density at radius 2 is 1.83 bits per heavy atom. The van der Waals surface area contributed by atoms with Crippen molar-refractivity contribution in [3.05, 3.63) is 48.0 Å². The molecule has 2 aromatic carbocycles. The van der Waals surface area contributed by atoms with Gasteiger partial charge in [-0.15, -0.1) is 0 Å². The van der Waals surface area contributed by atoms with Gasteiger partial charge in [0.25, 0.3) is 0 Å². The van der Waals surface area contributed by atoms with Crippen LogP contribution in [0.2, 0.25) is 0 Å². The highest BCUT2D eigenvalue weighted by molar-refractivity contribution is 8.00. The van der Waals surface area contributed by atoms with Crippen LogP contribution in [-0.4, -0.2) is 37.5 Å². The minimum absolute atomic E-state index is 0.119. The maximum atomic E-state index is 12.3. The number of aromatic nitrogens is 1. The zero-order valence-corrected chi connectivity index (χ0v) is 17.7. The second-order valence-electron chi connectivity index (χ2n) is 6.15. The van der Waals surface area contributed by atoms with E-state index in [0.717, 1.165) is 11.1 Å². The van der Waals surface area contributed by atoms with Crippen molar-refractivity contribution in [2.75, 3.05) is 31.9 Å². The minimum atomic E-state index is -0.192. The van der Waals surface area contributed by atoms with E-state index in [9.17, 15) is 10.1 Å². The molecule has 0 aliphatic heterocycles. The van der Waals surface area contributed by atoms with Crippen LogP contribution in [0.4, 0.5) is 5.69 Å². The van der Waals surface area contributed by atoms with Gasteiger partial charge in [0.1, 0.15) is 16.8 Å². The van der Waals surface area contributed by atoms with Crippen LogP contribution in [0, 0.1) is 11.3 Å². The third kappa shape index (κ3) is 4.93. The van der Waals surface area contributed by atoms with Crippen molar-refractivity contribution in [3.8, 4) is 23.3 Å². The Morgan fingerprint density at radius 1 is 1.13 bits per heavy atom. The summed E-state index contributed by atoms with van der Waals surface area (Å²) >= 11 is 1.21. The summed E-state index contributed by atoms with van der Waals surface area (Å²) in [4.78, 5) is 16.9. The first kappa shape index (κ1) is 21.3. The summed E-state index contributed by atoms with van der Waals surface area (Å²) in [5.41, 5.74) is 1.72. The van der Waals surface area contributed by atoms with Gasteiger partial charge in [0, 0.05) is 17.1 Å². The highest BCUT2D eigenvalue weighted by Crippen LogP contribution is 2.33. The summed E-state index contributed by atoms with van der Waals surface area (Å²) in [5, 5.41) is 13.6. The molecule has 0 atom stereocenters. The van der Waals surface area contributed by atoms with Crippen LogP contribution in [-0.2, 0) is 4.79 Å². The maximum Gasteiger partial charge on any atom is 0.234 e. The SMILES string of the molecule is CCOc1ccc(NC(=O)CSc2nc3cc(OC)c(OC)cc3cc2C#N)cc1. The van der Waals surface area contributed by atoms with Crippen molar-refractivity contribution >= 4 is 34.3 Å². The van der Waals surface area contributed by atoms with E-state index in [2.05, 4.69) is 16.4 Å². The van der Waals surface area contributed by atoms with E-state index >= 15 is 0 Å². The number of methoxy groups -OCH3 is 2. The molecule has 0 spiro atoms.